The number of aromatic nitrogens is 2. The molecular weight excluding hydrogens is 305 g/mol. The van der Waals surface area contributed by atoms with Crippen molar-refractivity contribution in [2.75, 3.05) is 0 Å². The number of aliphatic carboxylic acids is 1. The van der Waals surface area contributed by atoms with Crippen molar-refractivity contribution in [2.45, 2.75) is 19.4 Å². The molecule has 1 aliphatic rings. The van der Waals surface area contributed by atoms with Crippen LogP contribution in [0.2, 0.25) is 0 Å². The van der Waals surface area contributed by atoms with E-state index in [9.17, 15) is 14.0 Å². The summed E-state index contributed by atoms with van der Waals surface area (Å²) in [6.45, 7) is 1.65. The third-order valence-electron chi connectivity index (χ3n) is 3.70. The summed E-state index contributed by atoms with van der Waals surface area (Å²) in [5, 5.41) is 15.2. The van der Waals surface area contributed by atoms with Crippen LogP contribution in [-0.2, 0) is 9.59 Å². The van der Waals surface area contributed by atoms with Crippen molar-refractivity contribution < 1.29 is 23.6 Å². The third-order valence-corrected chi connectivity index (χ3v) is 3.70. The molecule has 2 N–H and O–H groups in total. The standard InChI is InChI=1S/C15H14FN3O4/c1-7(17-13(20)10-6-11(10)15(21)22)14-18-12(19-23-14)8-3-2-4-9(16)5-8/h2-5,7,10-11H,6H2,1H3,(H,17,20)(H,21,22)/t7-,10-,11-/m0/s1. The molecule has 1 aromatic heterocycles. The minimum Gasteiger partial charge on any atom is -0.481 e. The van der Waals surface area contributed by atoms with Crippen molar-refractivity contribution in [3.05, 3.63) is 36.0 Å². The zero-order valence-corrected chi connectivity index (χ0v) is 12.2. The average molecular weight is 319 g/mol. The second-order valence-corrected chi connectivity index (χ2v) is 5.48. The number of carbonyl (C=O) groups is 2. The number of amides is 1. The van der Waals surface area contributed by atoms with Gasteiger partial charge in [0.2, 0.25) is 17.6 Å². The first-order chi connectivity index (χ1) is 11.0. The van der Waals surface area contributed by atoms with Crippen LogP contribution in [0.1, 0.15) is 25.3 Å². The van der Waals surface area contributed by atoms with E-state index in [1.165, 1.54) is 18.2 Å². The fraction of sp³-hybridized carbons (Fsp3) is 0.333. The fourth-order valence-electron chi connectivity index (χ4n) is 2.30. The molecule has 3 rings (SSSR count). The van der Waals surface area contributed by atoms with Crippen LogP contribution in [0.4, 0.5) is 4.39 Å². The molecule has 1 heterocycles. The van der Waals surface area contributed by atoms with Gasteiger partial charge in [0.15, 0.2) is 0 Å². The summed E-state index contributed by atoms with van der Waals surface area (Å²) in [7, 11) is 0. The van der Waals surface area contributed by atoms with E-state index in [0.717, 1.165) is 0 Å². The topological polar surface area (TPSA) is 105 Å². The predicted octanol–water partition coefficient (Wildman–Crippen LogP) is 1.77. The van der Waals surface area contributed by atoms with E-state index in [1.54, 1.807) is 13.0 Å². The van der Waals surface area contributed by atoms with Crippen LogP contribution in [0.3, 0.4) is 0 Å². The Morgan fingerprint density at radius 1 is 1.43 bits per heavy atom. The lowest BCUT2D eigenvalue weighted by atomic mass is 10.2. The van der Waals surface area contributed by atoms with Crippen LogP contribution in [0, 0.1) is 17.7 Å². The molecule has 0 spiro atoms. The van der Waals surface area contributed by atoms with Gasteiger partial charge in [-0.15, -0.1) is 0 Å². The van der Waals surface area contributed by atoms with E-state index in [2.05, 4.69) is 15.5 Å². The molecule has 0 saturated heterocycles. The Morgan fingerprint density at radius 3 is 2.87 bits per heavy atom. The van der Waals surface area contributed by atoms with Crippen molar-refractivity contribution in [1.82, 2.24) is 15.5 Å². The van der Waals surface area contributed by atoms with Crippen molar-refractivity contribution in [2.24, 2.45) is 11.8 Å². The maximum Gasteiger partial charge on any atom is 0.307 e. The van der Waals surface area contributed by atoms with Gasteiger partial charge in [0.25, 0.3) is 0 Å². The quantitative estimate of drug-likeness (QED) is 0.870. The van der Waals surface area contributed by atoms with Crippen molar-refractivity contribution in [3.63, 3.8) is 0 Å². The second kappa shape index (κ2) is 5.79. The molecule has 1 saturated carbocycles. The smallest absolute Gasteiger partial charge is 0.307 e. The summed E-state index contributed by atoms with van der Waals surface area (Å²) < 4.78 is 18.3. The molecule has 1 aliphatic carbocycles. The van der Waals surface area contributed by atoms with Gasteiger partial charge in [0.05, 0.1) is 11.8 Å². The van der Waals surface area contributed by atoms with Crippen molar-refractivity contribution in [1.29, 1.82) is 0 Å². The first kappa shape index (κ1) is 15.1. The molecule has 3 atom stereocenters. The van der Waals surface area contributed by atoms with Crippen LogP contribution in [-0.4, -0.2) is 27.1 Å². The van der Waals surface area contributed by atoms with Gasteiger partial charge in [-0.25, -0.2) is 4.39 Å². The fourth-order valence-corrected chi connectivity index (χ4v) is 2.30. The number of halogens is 1. The Morgan fingerprint density at radius 2 is 2.22 bits per heavy atom. The van der Waals surface area contributed by atoms with E-state index in [-0.39, 0.29) is 17.6 Å². The lowest BCUT2D eigenvalue weighted by molar-refractivity contribution is -0.140. The molecule has 7 nitrogen and oxygen atoms in total. The maximum absolute atomic E-state index is 13.2. The molecule has 1 amide bonds. The molecule has 0 radical (unpaired) electrons. The minimum absolute atomic E-state index is 0.171. The Hall–Kier alpha value is -2.77. The summed E-state index contributed by atoms with van der Waals surface area (Å²) >= 11 is 0. The number of rotatable bonds is 5. The number of benzene rings is 1. The van der Waals surface area contributed by atoms with E-state index < -0.39 is 29.7 Å². The monoisotopic (exact) mass is 319 g/mol. The van der Waals surface area contributed by atoms with Gasteiger partial charge in [-0.05, 0) is 25.5 Å². The molecular formula is C15H14FN3O4. The average Bonchev–Trinajstić information content (AvgIpc) is 3.17. The van der Waals surface area contributed by atoms with Crippen LogP contribution >= 0.6 is 0 Å². The first-order valence-electron chi connectivity index (χ1n) is 7.08. The lowest BCUT2D eigenvalue weighted by Crippen LogP contribution is -2.29. The zero-order chi connectivity index (χ0) is 16.6. The SMILES string of the molecule is C[C@H](NC(=O)[C@H]1C[C@@H]1C(=O)O)c1nc(-c2cccc(F)c2)no1. The number of carboxylic acid groups (broad SMARTS) is 1. The molecule has 0 aliphatic heterocycles. The van der Waals surface area contributed by atoms with E-state index in [1.807, 2.05) is 0 Å². The summed E-state index contributed by atoms with van der Waals surface area (Å²) in [6, 6.07) is 5.20. The van der Waals surface area contributed by atoms with E-state index in [4.69, 9.17) is 9.63 Å². The molecule has 0 unspecified atom stereocenters. The number of hydrogen-bond donors (Lipinski definition) is 2. The van der Waals surface area contributed by atoms with Crippen molar-refractivity contribution in [3.8, 4) is 11.4 Å². The van der Waals surface area contributed by atoms with E-state index in [0.29, 0.717) is 12.0 Å². The summed E-state index contributed by atoms with van der Waals surface area (Å²) in [5.74, 6) is -2.48. The molecule has 0 bridgehead atoms. The Labute approximate surface area is 130 Å². The van der Waals surface area contributed by atoms with Gasteiger partial charge in [-0.3, -0.25) is 9.59 Å². The van der Waals surface area contributed by atoms with Gasteiger partial charge < -0.3 is 14.9 Å². The molecule has 1 aromatic carbocycles. The van der Waals surface area contributed by atoms with Crippen LogP contribution in [0.25, 0.3) is 11.4 Å². The first-order valence-corrected chi connectivity index (χ1v) is 7.08. The predicted molar refractivity (Wildman–Crippen MR) is 75.5 cm³/mol. The highest BCUT2D eigenvalue weighted by molar-refractivity contribution is 5.89. The van der Waals surface area contributed by atoms with Crippen LogP contribution in [0.5, 0.6) is 0 Å². The highest BCUT2D eigenvalue weighted by Crippen LogP contribution is 2.39. The number of carbonyl (C=O) groups excluding carboxylic acids is 1. The molecule has 2 aromatic rings. The zero-order valence-electron chi connectivity index (χ0n) is 12.2. The number of nitrogens with one attached hydrogen (secondary N) is 1. The molecule has 120 valence electrons. The number of hydrogen-bond acceptors (Lipinski definition) is 5. The van der Waals surface area contributed by atoms with Gasteiger partial charge in [-0.1, -0.05) is 17.3 Å². The van der Waals surface area contributed by atoms with Gasteiger partial charge >= 0.3 is 5.97 Å². The van der Waals surface area contributed by atoms with E-state index >= 15 is 0 Å². The number of nitrogens with zero attached hydrogens (tertiary/aromatic N) is 2. The summed E-state index contributed by atoms with van der Waals surface area (Å²) in [6.07, 6.45) is 0.340. The van der Waals surface area contributed by atoms with Gasteiger partial charge in [-0.2, -0.15) is 4.98 Å². The summed E-state index contributed by atoms with van der Waals surface area (Å²) in [4.78, 5) is 26.8. The molecule has 1 fully saturated rings. The summed E-state index contributed by atoms with van der Waals surface area (Å²) in [5.41, 5.74) is 0.465. The van der Waals surface area contributed by atoms with Crippen LogP contribution in [0.15, 0.2) is 28.8 Å². The third kappa shape index (κ3) is 3.20. The number of carboxylic acids is 1. The lowest BCUT2D eigenvalue weighted by Gasteiger charge is -2.08. The second-order valence-electron chi connectivity index (χ2n) is 5.48. The minimum atomic E-state index is -0.969. The van der Waals surface area contributed by atoms with Crippen molar-refractivity contribution >= 4 is 11.9 Å². The molecule has 23 heavy (non-hydrogen) atoms. The normalized spacial score (nSPS) is 20.8. The van der Waals surface area contributed by atoms with Gasteiger partial charge in [0, 0.05) is 5.56 Å². The maximum atomic E-state index is 13.2. The van der Waals surface area contributed by atoms with Crippen LogP contribution < -0.4 is 5.32 Å². The largest absolute Gasteiger partial charge is 0.481 e. The highest BCUT2D eigenvalue weighted by atomic mass is 19.1. The Kier molecular flexibility index (Phi) is 3.81. The Balaban J connectivity index is 1.66. The molecule has 8 heteroatoms. The van der Waals surface area contributed by atoms with Gasteiger partial charge in [0.1, 0.15) is 11.9 Å². The highest BCUT2D eigenvalue weighted by Gasteiger charge is 2.48. The Bertz CT molecular complexity index is 761.